The average Bonchev–Trinajstić information content (AvgIpc) is 2.32. The number of nitriles is 1. The predicted octanol–water partition coefficient (Wildman–Crippen LogP) is 2.72. The van der Waals surface area contributed by atoms with E-state index in [2.05, 4.69) is 9.97 Å². The largest absolute Gasteiger partial charge is 0.349 e. The van der Waals surface area contributed by atoms with Crippen LogP contribution in [0.1, 0.15) is 26.0 Å². The minimum atomic E-state index is -0.513. The standard InChI is InChI=1S/C12H16ClN5O2/c1-8(2)7-17(6-4-5-14)11-10(18(19)20)9(3)15-12(13)16-11/h8H,4,6-7H2,1-3H3. The zero-order valence-corrected chi connectivity index (χ0v) is 12.4. The predicted molar refractivity (Wildman–Crippen MR) is 75.7 cm³/mol. The van der Waals surface area contributed by atoms with Crippen molar-refractivity contribution >= 4 is 23.1 Å². The minimum Gasteiger partial charge on any atom is -0.349 e. The van der Waals surface area contributed by atoms with Crippen molar-refractivity contribution in [2.45, 2.75) is 27.2 Å². The van der Waals surface area contributed by atoms with Gasteiger partial charge in [0.1, 0.15) is 5.69 Å². The van der Waals surface area contributed by atoms with Crippen molar-refractivity contribution in [1.82, 2.24) is 9.97 Å². The summed E-state index contributed by atoms with van der Waals surface area (Å²) in [5.41, 5.74) is 0.0590. The first-order chi connectivity index (χ1) is 9.36. The van der Waals surface area contributed by atoms with Crippen molar-refractivity contribution in [3.05, 3.63) is 21.1 Å². The molecule has 1 aromatic rings. The smallest absolute Gasteiger partial charge is 0.332 e. The van der Waals surface area contributed by atoms with Crippen LogP contribution in [0.5, 0.6) is 0 Å². The second-order valence-electron chi connectivity index (χ2n) is 4.76. The first-order valence-electron chi connectivity index (χ1n) is 6.17. The van der Waals surface area contributed by atoms with E-state index < -0.39 is 4.92 Å². The maximum Gasteiger partial charge on any atom is 0.332 e. The van der Waals surface area contributed by atoms with Crippen molar-refractivity contribution < 1.29 is 4.92 Å². The van der Waals surface area contributed by atoms with E-state index in [9.17, 15) is 10.1 Å². The summed E-state index contributed by atoms with van der Waals surface area (Å²) in [6.07, 6.45) is 0.255. The zero-order valence-electron chi connectivity index (χ0n) is 11.6. The normalized spacial score (nSPS) is 10.4. The van der Waals surface area contributed by atoms with Crippen molar-refractivity contribution in [3.63, 3.8) is 0 Å². The van der Waals surface area contributed by atoms with E-state index >= 15 is 0 Å². The molecule has 1 heterocycles. The van der Waals surface area contributed by atoms with E-state index in [1.807, 2.05) is 19.9 Å². The Morgan fingerprint density at radius 3 is 2.65 bits per heavy atom. The molecule has 1 aromatic heterocycles. The number of hydrogen-bond donors (Lipinski definition) is 0. The van der Waals surface area contributed by atoms with Gasteiger partial charge in [-0.3, -0.25) is 10.1 Å². The number of halogens is 1. The molecule has 1 rings (SSSR count). The van der Waals surface area contributed by atoms with Gasteiger partial charge in [0.15, 0.2) is 0 Å². The molecule has 108 valence electrons. The molecule has 0 atom stereocenters. The number of aryl methyl sites for hydroxylation is 1. The molecule has 0 aliphatic heterocycles. The fourth-order valence-electron chi connectivity index (χ4n) is 1.86. The lowest BCUT2D eigenvalue weighted by Gasteiger charge is -2.24. The first kappa shape index (κ1) is 16.1. The maximum atomic E-state index is 11.2. The third-order valence-corrected chi connectivity index (χ3v) is 2.74. The Balaban J connectivity index is 3.30. The van der Waals surface area contributed by atoms with Crippen LogP contribution in [-0.4, -0.2) is 28.0 Å². The number of rotatable bonds is 6. The van der Waals surface area contributed by atoms with Crippen LogP contribution in [0.4, 0.5) is 11.5 Å². The third-order valence-electron chi connectivity index (χ3n) is 2.57. The molecular formula is C12H16ClN5O2. The SMILES string of the molecule is Cc1nc(Cl)nc(N(CCC#N)CC(C)C)c1[N+](=O)[O-]. The van der Waals surface area contributed by atoms with E-state index in [1.165, 1.54) is 6.92 Å². The average molecular weight is 298 g/mol. The van der Waals surface area contributed by atoms with Crippen LogP contribution in [0.2, 0.25) is 5.28 Å². The molecule has 0 aromatic carbocycles. The van der Waals surface area contributed by atoms with Gasteiger partial charge in [-0.2, -0.15) is 10.2 Å². The molecule has 8 heteroatoms. The Hall–Kier alpha value is -1.94. The Labute approximate surface area is 122 Å². The molecule has 0 saturated carbocycles. The summed E-state index contributed by atoms with van der Waals surface area (Å²) in [4.78, 5) is 20.2. The molecule has 7 nitrogen and oxygen atoms in total. The van der Waals surface area contributed by atoms with Crippen LogP contribution in [0, 0.1) is 34.3 Å². The Morgan fingerprint density at radius 2 is 2.15 bits per heavy atom. The van der Waals surface area contributed by atoms with E-state index in [1.54, 1.807) is 4.90 Å². The maximum absolute atomic E-state index is 11.2. The minimum absolute atomic E-state index is 0.0335. The molecule has 0 fully saturated rings. The first-order valence-corrected chi connectivity index (χ1v) is 6.55. The van der Waals surface area contributed by atoms with Gasteiger partial charge >= 0.3 is 5.69 Å². The molecule has 0 aliphatic rings. The summed E-state index contributed by atoms with van der Waals surface area (Å²) in [7, 11) is 0. The van der Waals surface area contributed by atoms with Crippen molar-refractivity contribution in [2.24, 2.45) is 5.92 Å². The van der Waals surface area contributed by atoms with E-state index in [0.29, 0.717) is 13.1 Å². The van der Waals surface area contributed by atoms with Gasteiger partial charge in [0.2, 0.25) is 11.1 Å². The molecular weight excluding hydrogens is 282 g/mol. The lowest BCUT2D eigenvalue weighted by atomic mass is 10.2. The van der Waals surface area contributed by atoms with Crippen LogP contribution in [-0.2, 0) is 0 Å². The van der Waals surface area contributed by atoms with Gasteiger partial charge in [-0.05, 0) is 24.4 Å². The number of nitrogens with zero attached hydrogens (tertiary/aromatic N) is 5. The van der Waals surface area contributed by atoms with Crippen LogP contribution < -0.4 is 4.90 Å². The molecule has 0 unspecified atom stereocenters. The summed E-state index contributed by atoms with van der Waals surface area (Å²) in [6, 6.07) is 2.03. The lowest BCUT2D eigenvalue weighted by molar-refractivity contribution is -0.385. The van der Waals surface area contributed by atoms with E-state index in [-0.39, 0.29) is 34.8 Å². The molecule has 0 saturated heterocycles. The fraction of sp³-hybridized carbons (Fsp3) is 0.583. The van der Waals surface area contributed by atoms with Gasteiger partial charge in [-0.15, -0.1) is 0 Å². The van der Waals surface area contributed by atoms with Crippen LogP contribution in [0.3, 0.4) is 0 Å². The highest BCUT2D eigenvalue weighted by molar-refractivity contribution is 6.28. The molecule has 0 amide bonds. The van der Waals surface area contributed by atoms with Crippen molar-refractivity contribution in [2.75, 3.05) is 18.0 Å². The highest BCUT2D eigenvalue weighted by atomic mass is 35.5. The van der Waals surface area contributed by atoms with Gasteiger partial charge < -0.3 is 4.90 Å². The van der Waals surface area contributed by atoms with Crippen LogP contribution >= 0.6 is 11.6 Å². The molecule has 0 spiro atoms. The second kappa shape index (κ2) is 7.01. The Kier molecular flexibility index (Phi) is 5.65. The Morgan fingerprint density at radius 1 is 1.50 bits per heavy atom. The lowest BCUT2D eigenvalue weighted by Crippen LogP contribution is -2.30. The monoisotopic (exact) mass is 297 g/mol. The van der Waals surface area contributed by atoms with Gasteiger partial charge in [0, 0.05) is 13.1 Å². The topological polar surface area (TPSA) is 96.0 Å². The third kappa shape index (κ3) is 4.03. The molecule has 0 bridgehead atoms. The quantitative estimate of drug-likeness (QED) is 0.455. The van der Waals surface area contributed by atoms with Crippen LogP contribution in [0.25, 0.3) is 0 Å². The van der Waals surface area contributed by atoms with E-state index in [0.717, 1.165) is 0 Å². The van der Waals surface area contributed by atoms with Crippen molar-refractivity contribution in [3.8, 4) is 6.07 Å². The number of anilines is 1. The molecule has 20 heavy (non-hydrogen) atoms. The summed E-state index contributed by atoms with van der Waals surface area (Å²) in [5.74, 6) is 0.443. The Bertz CT molecular complexity index is 541. The van der Waals surface area contributed by atoms with Gasteiger partial charge in [-0.1, -0.05) is 13.8 Å². The highest BCUT2D eigenvalue weighted by Crippen LogP contribution is 2.30. The molecule has 0 N–H and O–H groups in total. The number of aromatic nitrogens is 2. The summed E-state index contributed by atoms with van der Waals surface area (Å²) >= 11 is 5.80. The van der Waals surface area contributed by atoms with Gasteiger partial charge in [0.25, 0.3) is 0 Å². The summed E-state index contributed by atoms with van der Waals surface area (Å²) in [6.45, 7) is 6.41. The zero-order chi connectivity index (χ0) is 15.3. The van der Waals surface area contributed by atoms with Gasteiger partial charge in [0.05, 0.1) is 17.4 Å². The molecule has 0 radical (unpaired) electrons. The number of hydrogen-bond acceptors (Lipinski definition) is 6. The van der Waals surface area contributed by atoms with Gasteiger partial charge in [-0.25, -0.2) is 4.98 Å². The van der Waals surface area contributed by atoms with E-state index in [4.69, 9.17) is 16.9 Å². The molecule has 0 aliphatic carbocycles. The fourth-order valence-corrected chi connectivity index (χ4v) is 2.07. The highest BCUT2D eigenvalue weighted by Gasteiger charge is 2.26. The second-order valence-corrected chi connectivity index (χ2v) is 5.09. The van der Waals surface area contributed by atoms with Crippen molar-refractivity contribution in [1.29, 1.82) is 5.26 Å². The summed E-state index contributed by atoms with van der Waals surface area (Å²) < 4.78 is 0. The van der Waals surface area contributed by atoms with Crippen LogP contribution in [0.15, 0.2) is 0 Å². The number of nitro groups is 1. The summed E-state index contributed by atoms with van der Waals surface area (Å²) in [5, 5.41) is 19.9.